The Morgan fingerprint density at radius 1 is 1.47 bits per heavy atom. The molecule has 0 aliphatic rings. The van der Waals surface area contributed by atoms with Crippen molar-refractivity contribution in [2.75, 3.05) is 5.32 Å². The van der Waals surface area contributed by atoms with E-state index in [4.69, 9.17) is 5.11 Å². The number of aromatic carboxylic acids is 1. The van der Waals surface area contributed by atoms with Gasteiger partial charge in [-0.25, -0.2) is 9.78 Å². The van der Waals surface area contributed by atoms with E-state index in [1.54, 1.807) is 5.38 Å². The Kier molecular flexibility index (Phi) is 3.39. The molecule has 0 bridgehead atoms. The molecule has 0 saturated carbocycles. The van der Waals surface area contributed by atoms with E-state index in [0.29, 0.717) is 6.54 Å². The first kappa shape index (κ1) is 11.6. The molecular formula is C12H12N2O2S. The van der Waals surface area contributed by atoms with E-state index in [1.807, 2.05) is 31.2 Å². The Morgan fingerprint density at radius 2 is 2.24 bits per heavy atom. The minimum absolute atomic E-state index is 0.131. The zero-order valence-electron chi connectivity index (χ0n) is 9.30. The summed E-state index contributed by atoms with van der Waals surface area (Å²) in [5.41, 5.74) is 2.94. The predicted octanol–water partition coefficient (Wildman–Crippen LogP) is 2.76. The summed E-state index contributed by atoms with van der Waals surface area (Å²) in [7, 11) is 0. The first-order chi connectivity index (χ1) is 8.16. The molecule has 1 aromatic heterocycles. The van der Waals surface area contributed by atoms with Crippen molar-refractivity contribution in [3.8, 4) is 0 Å². The van der Waals surface area contributed by atoms with Gasteiger partial charge in [-0.3, -0.25) is 0 Å². The molecule has 2 N–H and O–H groups in total. The van der Waals surface area contributed by atoms with E-state index in [9.17, 15) is 4.79 Å². The summed E-state index contributed by atoms with van der Waals surface area (Å²) in [5.74, 6) is -0.975. The topological polar surface area (TPSA) is 62.2 Å². The highest BCUT2D eigenvalue weighted by Gasteiger charge is 2.08. The first-order valence-corrected chi connectivity index (χ1v) is 6.02. The van der Waals surface area contributed by atoms with Crippen LogP contribution in [0.2, 0.25) is 0 Å². The number of nitrogens with zero attached hydrogens (tertiary/aromatic N) is 1. The van der Waals surface area contributed by atoms with Crippen molar-refractivity contribution < 1.29 is 9.90 Å². The van der Waals surface area contributed by atoms with Gasteiger partial charge in [0.25, 0.3) is 0 Å². The van der Waals surface area contributed by atoms with Crippen molar-refractivity contribution in [3.05, 3.63) is 45.9 Å². The molecule has 0 spiro atoms. The van der Waals surface area contributed by atoms with Crippen molar-refractivity contribution in [2.24, 2.45) is 0 Å². The van der Waals surface area contributed by atoms with Crippen LogP contribution >= 0.6 is 11.3 Å². The largest absolute Gasteiger partial charge is 0.476 e. The number of benzene rings is 1. The number of rotatable bonds is 4. The van der Waals surface area contributed by atoms with Crippen LogP contribution in [0, 0.1) is 6.92 Å². The zero-order chi connectivity index (χ0) is 12.3. The highest BCUT2D eigenvalue weighted by molar-refractivity contribution is 7.11. The fraction of sp³-hybridized carbons (Fsp3) is 0.167. The van der Waals surface area contributed by atoms with Crippen LogP contribution in [0.15, 0.2) is 29.6 Å². The Balaban J connectivity index is 2.02. The summed E-state index contributed by atoms with van der Waals surface area (Å²) in [6.45, 7) is 2.56. The van der Waals surface area contributed by atoms with Gasteiger partial charge < -0.3 is 10.4 Å². The van der Waals surface area contributed by atoms with Crippen molar-refractivity contribution in [2.45, 2.75) is 13.5 Å². The average molecular weight is 248 g/mol. The van der Waals surface area contributed by atoms with Crippen LogP contribution in [-0.2, 0) is 6.54 Å². The fourth-order valence-electron chi connectivity index (χ4n) is 1.44. The number of anilines is 1. The third-order valence-electron chi connectivity index (χ3n) is 2.34. The lowest BCUT2D eigenvalue weighted by Gasteiger charge is -2.07. The Labute approximate surface area is 103 Å². The maximum Gasteiger partial charge on any atom is 0.365 e. The van der Waals surface area contributed by atoms with Gasteiger partial charge >= 0.3 is 5.97 Å². The quantitative estimate of drug-likeness (QED) is 0.873. The van der Waals surface area contributed by atoms with Crippen LogP contribution in [0.3, 0.4) is 0 Å². The monoisotopic (exact) mass is 248 g/mol. The molecular weight excluding hydrogens is 236 g/mol. The molecule has 1 aromatic carbocycles. The van der Waals surface area contributed by atoms with Crippen molar-refractivity contribution in [1.29, 1.82) is 0 Å². The van der Waals surface area contributed by atoms with E-state index in [1.165, 1.54) is 0 Å². The summed E-state index contributed by atoms with van der Waals surface area (Å²) >= 11 is 1.15. The summed E-state index contributed by atoms with van der Waals surface area (Å²) < 4.78 is 0. The van der Waals surface area contributed by atoms with Crippen molar-refractivity contribution in [1.82, 2.24) is 4.98 Å². The van der Waals surface area contributed by atoms with Crippen LogP contribution in [-0.4, -0.2) is 16.1 Å². The first-order valence-electron chi connectivity index (χ1n) is 5.14. The normalized spacial score (nSPS) is 10.2. The minimum atomic E-state index is -0.975. The number of aryl methyl sites for hydroxylation is 1. The molecule has 5 heteroatoms. The molecule has 0 saturated heterocycles. The van der Waals surface area contributed by atoms with Crippen LogP contribution < -0.4 is 5.32 Å². The van der Waals surface area contributed by atoms with E-state index in [2.05, 4.69) is 10.3 Å². The van der Waals surface area contributed by atoms with Gasteiger partial charge in [0.1, 0.15) is 0 Å². The second-order valence-electron chi connectivity index (χ2n) is 3.62. The summed E-state index contributed by atoms with van der Waals surface area (Å²) in [5, 5.41) is 13.9. The third-order valence-corrected chi connectivity index (χ3v) is 3.22. The lowest BCUT2D eigenvalue weighted by Crippen LogP contribution is -2.02. The molecule has 0 aliphatic carbocycles. The van der Waals surface area contributed by atoms with E-state index in [0.717, 1.165) is 28.3 Å². The number of nitrogens with one attached hydrogen (secondary N) is 1. The van der Waals surface area contributed by atoms with Gasteiger partial charge in [0.2, 0.25) is 5.01 Å². The number of thiazole rings is 1. The molecule has 0 amide bonds. The van der Waals surface area contributed by atoms with Gasteiger partial charge in [0, 0.05) is 11.1 Å². The van der Waals surface area contributed by atoms with Crippen molar-refractivity contribution >= 4 is 23.0 Å². The minimum Gasteiger partial charge on any atom is -0.476 e. The molecule has 2 rings (SSSR count). The van der Waals surface area contributed by atoms with Crippen LogP contribution in [0.1, 0.15) is 21.1 Å². The fourth-order valence-corrected chi connectivity index (χ4v) is 2.10. The number of aromatic nitrogens is 1. The van der Waals surface area contributed by atoms with E-state index >= 15 is 0 Å². The number of carboxylic acids is 1. The number of carboxylic acid groups (broad SMARTS) is 1. The number of hydrogen-bond donors (Lipinski definition) is 2. The number of para-hydroxylation sites is 1. The second-order valence-corrected chi connectivity index (χ2v) is 4.48. The summed E-state index contributed by atoms with van der Waals surface area (Å²) in [4.78, 5) is 14.7. The standard InChI is InChI=1S/C12H12N2O2S/c1-8-4-2-3-5-10(8)13-6-9-7-17-11(14-9)12(15)16/h2-5,7,13H,6H2,1H3,(H,15,16). The second kappa shape index (κ2) is 4.97. The Hall–Kier alpha value is -1.88. The molecule has 88 valence electrons. The van der Waals surface area contributed by atoms with Gasteiger partial charge in [0.05, 0.1) is 12.2 Å². The molecule has 0 unspecified atom stereocenters. The Morgan fingerprint density at radius 3 is 2.88 bits per heavy atom. The van der Waals surface area contributed by atoms with Gasteiger partial charge in [-0.05, 0) is 18.6 Å². The van der Waals surface area contributed by atoms with Gasteiger partial charge in [-0.2, -0.15) is 0 Å². The van der Waals surface area contributed by atoms with Crippen LogP contribution in [0.4, 0.5) is 5.69 Å². The molecule has 0 atom stereocenters. The third kappa shape index (κ3) is 2.82. The van der Waals surface area contributed by atoms with Crippen LogP contribution in [0.5, 0.6) is 0 Å². The zero-order valence-corrected chi connectivity index (χ0v) is 10.1. The smallest absolute Gasteiger partial charge is 0.365 e. The maximum atomic E-state index is 10.7. The molecule has 0 fully saturated rings. The highest BCUT2D eigenvalue weighted by atomic mass is 32.1. The highest BCUT2D eigenvalue weighted by Crippen LogP contribution is 2.15. The lowest BCUT2D eigenvalue weighted by molar-refractivity contribution is 0.0696. The van der Waals surface area contributed by atoms with Gasteiger partial charge in [0.15, 0.2) is 0 Å². The van der Waals surface area contributed by atoms with Gasteiger partial charge in [-0.1, -0.05) is 18.2 Å². The van der Waals surface area contributed by atoms with E-state index in [-0.39, 0.29) is 5.01 Å². The van der Waals surface area contributed by atoms with Gasteiger partial charge in [-0.15, -0.1) is 11.3 Å². The molecule has 0 aliphatic heterocycles. The number of carbonyl (C=O) groups is 1. The summed E-state index contributed by atoms with van der Waals surface area (Å²) in [6.07, 6.45) is 0. The van der Waals surface area contributed by atoms with E-state index < -0.39 is 5.97 Å². The molecule has 0 radical (unpaired) electrons. The molecule has 4 nitrogen and oxygen atoms in total. The maximum absolute atomic E-state index is 10.7. The summed E-state index contributed by atoms with van der Waals surface area (Å²) in [6, 6.07) is 7.94. The van der Waals surface area contributed by atoms with Crippen molar-refractivity contribution in [3.63, 3.8) is 0 Å². The lowest BCUT2D eigenvalue weighted by atomic mass is 10.2. The molecule has 1 heterocycles. The molecule has 2 aromatic rings. The Bertz CT molecular complexity index is 537. The predicted molar refractivity (Wildman–Crippen MR) is 67.6 cm³/mol. The van der Waals surface area contributed by atoms with Crippen LogP contribution in [0.25, 0.3) is 0 Å². The number of hydrogen-bond acceptors (Lipinski definition) is 4. The average Bonchev–Trinajstić information content (AvgIpc) is 2.77. The molecule has 17 heavy (non-hydrogen) atoms. The SMILES string of the molecule is Cc1ccccc1NCc1csc(C(=O)O)n1.